The first-order valence-corrected chi connectivity index (χ1v) is 6.28. The molecule has 0 aliphatic carbocycles. The van der Waals surface area contributed by atoms with Crippen LogP contribution in [0.1, 0.15) is 25.5 Å². The summed E-state index contributed by atoms with van der Waals surface area (Å²) in [5.41, 5.74) is 6.81. The van der Waals surface area contributed by atoms with Crippen LogP contribution < -0.4 is 10.5 Å². The molecule has 0 fully saturated rings. The summed E-state index contributed by atoms with van der Waals surface area (Å²) in [6.45, 7) is 5.69. The van der Waals surface area contributed by atoms with Crippen molar-refractivity contribution in [2.45, 2.75) is 26.1 Å². The molecule has 1 aromatic rings. The minimum atomic E-state index is -0.105. The monoisotopic (exact) mass is 253 g/mol. The molecule has 0 aliphatic heterocycles. The van der Waals surface area contributed by atoms with E-state index in [1.807, 2.05) is 38.1 Å². The molecule has 0 heterocycles. The lowest BCUT2D eigenvalue weighted by molar-refractivity contribution is -0.0441. The second-order valence-corrected chi connectivity index (χ2v) is 4.10. The molecule has 2 unspecified atom stereocenters. The lowest BCUT2D eigenvalue weighted by Gasteiger charge is -2.21. The van der Waals surface area contributed by atoms with E-state index in [0.29, 0.717) is 19.8 Å². The maximum atomic E-state index is 5.87. The Morgan fingerprint density at radius 1 is 1.22 bits per heavy atom. The van der Waals surface area contributed by atoms with Crippen LogP contribution in [0.25, 0.3) is 0 Å². The van der Waals surface area contributed by atoms with E-state index in [2.05, 4.69) is 0 Å². The topological polar surface area (TPSA) is 53.7 Å². The van der Waals surface area contributed by atoms with Crippen molar-refractivity contribution in [3.05, 3.63) is 29.8 Å². The predicted octanol–water partition coefficient (Wildman–Crippen LogP) is 2.14. The van der Waals surface area contributed by atoms with Gasteiger partial charge in [-0.15, -0.1) is 0 Å². The summed E-state index contributed by atoms with van der Waals surface area (Å²) in [4.78, 5) is 0. The maximum Gasteiger partial charge on any atom is 0.118 e. The number of hydrogen-bond acceptors (Lipinski definition) is 4. The molecule has 0 saturated carbocycles. The third kappa shape index (κ3) is 4.64. The molecule has 1 rings (SSSR count). The summed E-state index contributed by atoms with van der Waals surface area (Å²) >= 11 is 0. The van der Waals surface area contributed by atoms with Gasteiger partial charge in [-0.05, 0) is 31.5 Å². The Bertz CT molecular complexity index is 326. The molecule has 0 bridgehead atoms. The Balaban J connectivity index is 2.58. The Kier molecular flexibility index (Phi) is 6.72. The minimum absolute atomic E-state index is 0.0283. The number of rotatable bonds is 8. The molecule has 4 nitrogen and oxygen atoms in total. The van der Waals surface area contributed by atoms with E-state index in [1.165, 1.54) is 0 Å². The van der Waals surface area contributed by atoms with Gasteiger partial charge in [0.25, 0.3) is 0 Å². The van der Waals surface area contributed by atoms with Gasteiger partial charge in [-0.2, -0.15) is 0 Å². The van der Waals surface area contributed by atoms with Gasteiger partial charge in [0.05, 0.1) is 25.9 Å². The van der Waals surface area contributed by atoms with Crippen LogP contribution in [0.2, 0.25) is 0 Å². The first-order valence-electron chi connectivity index (χ1n) is 6.28. The maximum absolute atomic E-state index is 5.87. The van der Waals surface area contributed by atoms with Crippen LogP contribution in [-0.2, 0) is 9.47 Å². The van der Waals surface area contributed by atoms with E-state index in [1.54, 1.807) is 7.11 Å². The molecule has 0 aromatic heterocycles. The van der Waals surface area contributed by atoms with E-state index in [0.717, 1.165) is 11.3 Å². The van der Waals surface area contributed by atoms with Crippen molar-refractivity contribution in [2.24, 2.45) is 5.73 Å². The van der Waals surface area contributed by atoms with Crippen molar-refractivity contribution >= 4 is 0 Å². The third-order valence-corrected chi connectivity index (χ3v) is 2.65. The molecule has 0 aliphatic rings. The summed E-state index contributed by atoms with van der Waals surface area (Å²) in [5, 5.41) is 0. The molecule has 18 heavy (non-hydrogen) atoms. The van der Waals surface area contributed by atoms with Gasteiger partial charge in [0.1, 0.15) is 5.75 Å². The first kappa shape index (κ1) is 15.0. The van der Waals surface area contributed by atoms with E-state index in [9.17, 15) is 0 Å². The highest BCUT2D eigenvalue weighted by atomic mass is 16.5. The molecule has 2 N–H and O–H groups in total. The zero-order valence-electron chi connectivity index (χ0n) is 11.4. The predicted molar refractivity (Wildman–Crippen MR) is 71.8 cm³/mol. The van der Waals surface area contributed by atoms with Crippen molar-refractivity contribution < 1.29 is 14.2 Å². The number of ether oxygens (including phenoxy) is 3. The van der Waals surface area contributed by atoms with E-state index >= 15 is 0 Å². The number of benzene rings is 1. The molecule has 0 radical (unpaired) electrons. The van der Waals surface area contributed by atoms with E-state index in [-0.39, 0.29) is 12.2 Å². The normalized spacial score (nSPS) is 14.2. The second kappa shape index (κ2) is 8.08. The Hall–Kier alpha value is -1.10. The second-order valence-electron chi connectivity index (χ2n) is 4.10. The van der Waals surface area contributed by atoms with Crippen LogP contribution in [0.4, 0.5) is 0 Å². The van der Waals surface area contributed by atoms with Crippen LogP contribution in [0, 0.1) is 0 Å². The Morgan fingerprint density at radius 3 is 2.39 bits per heavy atom. The molecule has 102 valence electrons. The highest BCUT2D eigenvalue weighted by molar-refractivity contribution is 5.28. The van der Waals surface area contributed by atoms with Crippen molar-refractivity contribution in [1.82, 2.24) is 0 Å². The zero-order chi connectivity index (χ0) is 13.4. The molecule has 0 saturated heterocycles. The third-order valence-electron chi connectivity index (χ3n) is 2.65. The van der Waals surface area contributed by atoms with E-state index in [4.69, 9.17) is 19.9 Å². The average molecular weight is 253 g/mol. The fourth-order valence-electron chi connectivity index (χ4n) is 1.69. The molecule has 2 atom stereocenters. The van der Waals surface area contributed by atoms with Crippen LogP contribution in [-0.4, -0.2) is 33.0 Å². The molecule has 4 heteroatoms. The van der Waals surface area contributed by atoms with Crippen molar-refractivity contribution in [2.75, 3.05) is 26.9 Å². The van der Waals surface area contributed by atoms with Crippen LogP contribution in [0.5, 0.6) is 5.75 Å². The lowest BCUT2D eigenvalue weighted by atomic mass is 10.1. The zero-order valence-corrected chi connectivity index (χ0v) is 11.4. The fourth-order valence-corrected chi connectivity index (χ4v) is 1.69. The van der Waals surface area contributed by atoms with Crippen molar-refractivity contribution in [1.29, 1.82) is 0 Å². The lowest BCUT2D eigenvalue weighted by Crippen LogP contribution is -2.24. The van der Waals surface area contributed by atoms with Gasteiger partial charge in [0, 0.05) is 13.2 Å². The fraction of sp³-hybridized carbons (Fsp3) is 0.571. The van der Waals surface area contributed by atoms with Gasteiger partial charge in [-0.1, -0.05) is 12.1 Å². The van der Waals surface area contributed by atoms with Gasteiger partial charge in [-0.3, -0.25) is 0 Å². The standard InChI is InChI=1S/C14H23NO3/c1-4-17-10-11(2)18-14(9-15)12-5-7-13(16-3)8-6-12/h5-8,11,14H,4,9-10,15H2,1-3H3. The largest absolute Gasteiger partial charge is 0.497 e. The molecule has 0 spiro atoms. The van der Waals surface area contributed by atoms with Crippen LogP contribution >= 0.6 is 0 Å². The van der Waals surface area contributed by atoms with Gasteiger partial charge in [0.2, 0.25) is 0 Å². The Labute approximate surface area is 109 Å². The highest BCUT2D eigenvalue weighted by Gasteiger charge is 2.14. The smallest absolute Gasteiger partial charge is 0.118 e. The molecular weight excluding hydrogens is 230 g/mol. The molecular formula is C14H23NO3. The van der Waals surface area contributed by atoms with Crippen molar-refractivity contribution in [3.63, 3.8) is 0 Å². The first-order chi connectivity index (χ1) is 8.71. The van der Waals surface area contributed by atoms with E-state index < -0.39 is 0 Å². The van der Waals surface area contributed by atoms with Crippen LogP contribution in [0.15, 0.2) is 24.3 Å². The van der Waals surface area contributed by atoms with Gasteiger partial charge < -0.3 is 19.9 Å². The molecule has 1 aromatic carbocycles. The summed E-state index contributed by atoms with van der Waals surface area (Å²) in [6, 6.07) is 7.77. The summed E-state index contributed by atoms with van der Waals surface area (Å²) in [5.74, 6) is 0.830. The number of methoxy groups -OCH3 is 1. The summed E-state index contributed by atoms with van der Waals surface area (Å²) in [7, 11) is 1.65. The quantitative estimate of drug-likeness (QED) is 0.771. The van der Waals surface area contributed by atoms with Gasteiger partial charge in [-0.25, -0.2) is 0 Å². The Morgan fingerprint density at radius 2 is 1.89 bits per heavy atom. The van der Waals surface area contributed by atoms with Crippen molar-refractivity contribution in [3.8, 4) is 5.75 Å². The molecule has 0 amide bonds. The van der Waals surface area contributed by atoms with Gasteiger partial charge >= 0.3 is 0 Å². The highest BCUT2D eigenvalue weighted by Crippen LogP contribution is 2.21. The minimum Gasteiger partial charge on any atom is -0.497 e. The summed E-state index contributed by atoms with van der Waals surface area (Å²) < 4.78 is 16.3. The van der Waals surface area contributed by atoms with Crippen LogP contribution in [0.3, 0.4) is 0 Å². The average Bonchev–Trinajstić information content (AvgIpc) is 2.42. The number of nitrogens with two attached hydrogens (primary N) is 1. The summed E-state index contributed by atoms with van der Waals surface area (Å²) in [6.07, 6.45) is -0.0769. The number of hydrogen-bond donors (Lipinski definition) is 1. The van der Waals surface area contributed by atoms with Gasteiger partial charge in [0.15, 0.2) is 0 Å². The SMILES string of the molecule is CCOCC(C)OC(CN)c1ccc(OC)cc1.